The van der Waals surface area contributed by atoms with E-state index in [1.54, 1.807) is 0 Å². The summed E-state index contributed by atoms with van der Waals surface area (Å²) in [6.45, 7) is 8.98. The molecule has 0 aromatic carbocycles. The Kier molecular flexibility index (Phi) is 3.64. The first kappa shape index (κ1) is 16.5. The number of hydrogen-bond acceptors (Lipinski definition) is 2. The van der Waals surface area contributed by atoms with Crippen LogP contribution in [0.3, 0.4) is 0 Å². The molecule has 24 heavy (non-hydrogen) atoms. The molecular formula is C22H32O2. The van der Waals surface area contributed by atoms with Gasteiger partial charge in [0.1, 0.15) is 5.78 Å². The van der Waals surface area contributed by atoms with Crippen molar-refractivity contribution in [3.05, 3.63) is 11.6 Å². The van der Waals surface area contributed by atoms with Gasteiger partial charge in [-0.15, -0.1) is 0 Å². The monoisotopic (exact) mass is 328 g/mol. The van der Waals surface area contributed by atoms with Crippen LogP contribution in [-0.4, -0.2) is 11.6 Å². The lowest BCUT2D eigenvalue weighted by Gasteiger charge is -2.58. The van der Waals surface area contributed by atoms with Gasteiger partial charge in [0.25, 0.3) is 0 Å². The predicted molar refractivity (Wildman–Crippen MR) is 95.4 cm³/mol. The predicted octanol–water partition coefficient (Wildman–Crippen LogP) is 4.97. The number of carbonyl (C=O) groups excluding carboxylic acids is 2. The molecule has 3 saturated carbocycles. The number of fused-ring (bicyclic) bond motifs is 5. The molecule has 2 unspecified atom stereocenters. The van der Waals surface area contributed by atoms with Gasteiger partial charge in [-0.1, -0.05) is 26.3 Å². The van der Waals surface area contributed by atoms with E-state index in [1.807, 2.05) is 13.0 Å². The highest BCUT2D eigenvalue weighted by atomic mass is 16.1. The third kappa shape index (κ3) is 2.07. The van der Waals surface area contributed by atoms with E-state index in [1.165, 1.54) is 31.3 Å². The first-order valence-electron chi connectivity index (χ1n) is 10.0. The Hall–Kier alpha value is -0.920. The van der Waals surface area contributed by atoms with Crippen molar-refractivity contribution in [2.75, 3.05) is 0 Å². The number of ketones is 2. The first-order valence-corrected chi connectivity index (χ1v) is 10.0. The van der Waals surface area contributed by atoms with Gasteiger partial charge >= 0.3 is 0 Å². The number of hydrogen-bond donors (Lipinski definition) is 0. The summed E-state index contributed by atoms with van der Waals surface area (Å²) in [5, 5.41) is 0. The second-order valence-electron chi connectivity index (χ2n) is 9.81. The summed E-state index contributed by atoms with van der Waals surface area (Å²) >= 11 is 0. The van der Waals surface area contributed by atoms with Crippen molar-refractivity contribution >= 4 is 11.6 Å². The smallest absolute Gasteiger partial charge is 0.155 e. The molecule has 3 fully saturated rings. The zero-order chi connectivity index (χ0) is 17.3. The van der Waals surface area contributed by atoms with Gasteiger partial charge in [-0.05, 0) is 86.0 Å². The number of allylic oxidation sites excluding steroid dienone is 1. The molecular weight excluding hydrogens is 296 g/mol. The van der Waals surface area contributed by atoms with Crippen LogP contribution in [0.4, 0.5) is 0 Å². The highest BCUT2D eigenvalue weighted by molar-refractivity contribution is 5.91. The van der Waals surface area contributed by atoms with E-state index >= 15 is 0 Å². The maximum atomic E-state index is 12.4. The van der Waals surface area contributed by atoms with Gasteiger partial charge in [0.05, 0.1) is 0 Å². The molecule has 4 aliphatic rings. The average molecular weight is 328 g/mol. The quantitative estimate of drug-likeness (QED) is 0.681. The average Bonchev–Trinajstić information content (AvgIpc) is 2.78. The minimum atomic E-state index is 0.217. The number of carbonyl (C=O) groups is 2. The fourth-order valence-corrected chi connectivity index (χ4v) is 7.79. The van der Waals surface area contributed by atoms with E-state index in [2.05, 4.69) is 20.8 Å². The molecule has 0 heterocycles. The number of rotatable bonds is 1. The van der Waals surface area contributed by atoms with Crippen molar-refractivity contribution in [1.29, 1.82) is 0 Å². The maximum Gasteiger partial charge on any atom is 0.155 e. The third-order valence-electron chi connectivity index (χ3n) is 8.74. The molecule has 0 aromatic rings. The van der Waals surface area contributed by atoms with Crippen LogP contribution < -0.4 is 0 Å². The molecule has 0 spiro atoms. The van der Waals surface area contributed by atoms with Crippen LogP contribution in [0, 0.1) is 40.4 Å². The Bertz CT molecular complexity index is 617. The molecule has 0 aromatic heterocycles. The molecule has 0 saturated heterocycles. The van der Waals surface area contributed by atoms with Crippen LogP contribution in [0.5, 0.6) is 0 Å². The highest BCUT2D eigenvalue weighted by Crippen LogP contribution is 2.67. The van der Waals surface area contributed by atoms with Crippen LogP contribution in [0.1, 0.15) is 72.6 Å². The molecule has 2 heteroatoms. The van der Waals surface area contributed by atoms with Gasteiger partial charge in [-0.3, -0.25) is 9.59 Å². The van der Waals surface area contributed by atoms with E-state index in [9.17, 15) is 9.59 Å². The van der Waals surface area contributed by atoms with Crippen molar-refractivity contribution in [3.63, 3.8) is 0 Å². The van der Waals surface area contributed by atoms with Crippen molar-refractivity contribution in [1.82, 2.24) is 0 Å². The molecule has 0 bridgehead atoms. The van der Waals surface area contributed by atoms with Crippen LogP contribution >= 0.6 is 0 Å². The summed E-state index contributed by atoms with van der Waals surface area (Å²) in [6.07, 6.45) is 9.79. The Balaban J connectivity index is 1.69. The standard InChI is InChI=1S/C22H32O2/c1-13-11-19-17-6-5-15-12-16(24)7-9-21(15,3)18(17)8-10-22(19,4)20(13)14(2)23/h12-13,17-20H,5-11H2,1-4H3/t13-,17-,18?,19?,20-,21+,22+/m1/s1. The first-order chi connectivity index (χ1) is 11.3. The summed E-state index contributed by atoms with van der Waals surface area (Å²) < 4.78 is 0. The lowest BCUT2D eigenvalue weighted by atomic mass is 9.46. The molecule has 0 amide bonds. The minimum absolute atomic E-state index is 0.217. The van der Waals surface area contributed by atoms with Gasteiger partial charge in [-0.25, -0.2) is 0 Å². The summed E-state index contributed by atoms with van der Waals surface area (Å²) in [5.41, 5.74) is 1.90. The molecule has 0 aliphatic heterocycles. The Morgan fingerprint density at radius 2 is 1.88 bits per heavy atom. The van der Waals surface area contributed by atoms with Crippen LogP contribution in [0.15, 0.2) is 11.6 Å². The van der Waals surface area contributed by atoms with Crippen LogP contribution in [0.25, 0.3) is 0 Å². The van der Waals surface area contributed by atoms with Crippen molar-refractivity contribution < 1.29 is 9.59 Å². The van der Waals surface area contributed by atoms with Gasteiger partial charge in [0.15, 0.2) is 5.78 Å². The van der Waals surface area contributed by atoms with E-state index in [0.29, 0.717) is 23.4 Å². The van der Waals surface area contributed by atoms with E-state index < -0.39 is 0 Å². The van der Waals surface area contributed by atoms with Gasteiger partial charge < -0.3 is 0 Å². The topological polar surface area (TPSA) is 34.1 Å². The Labute approximate surface area is 146 Å². The van der Waals surface area contributed by atoms with Crippen molar-refractivity contribution in [2.45, 2.75) is 72.6 Å². The van der Waals surface area contributed by atoms with Crippen LogP contribution in [0.2, 0.25) is 0 Å². The van der Waals surface area contributed by atoms with Gasteiger partial charge in [-0.2, -0.15) is 0 Å². The van der Waals surface area contributed by atoms with E-state index in [0.717, 1.165) is 31.1 Å². The van der Waals surface area contributed by atoms with Crippen molar-refractivity contribution in [2.24, 2.45) is 40.4 Å². The largest absolute Gasteiger partial charge is 0.300 e. The third-order valence-corrected chi connectivity index (χ3v) is 8.74. The SMILES string of the molecule is CC(=O)[C@H]1[C@H](C)CC2[C@@H]3CCC4=CC(=O)CC[C@]4(C)C3CC[C@@]21C. The molecule has 0 N–H and O–H groups in total. The summed E-state index contributed by atoms with van der Waals surface area (Å²) in [7, 11) is 0. The van der Waals surface area contributed by atoms with Gasteiger partial charge in [0, 0.05) is 12.3 Å². The van der Waals surface area contributed by atoms with Crippen molar-refractivity contribution in [3.8, 4) is 0 Å². The Morgan fingerprint density at radius 1 is 1.12 bits per heavy atom. The Morgan fingerprint density at radius 3 is 2.58 bits per heavy atom. The fraction of sp³-hybridized carbons (Fsp3) is 0.818. The normalized spacial score (nSPS) is 50.6. The highest BCUT2D eigenvalue weighted by Gasteiger charge is 2.61. The van der Waals surface area contributed by atoms with E-state index in [-0.39, 0.29) is 16.7 Å². The molecule has 4 rings (SSSR count). The lowest BCUT2D eigenvalue weighted by molar-refractivity contribution is -0.129. The molecule has 2 nitrogen and oxygen atoms in total. The molecule has 4 aliphatic carbocycles. The van der Waals surface area contributed by atoms with Gasteiger partial charge in [0.2, 0.25) is 0 Å². The zero-order valence-electron chi connectivity index (χ0n) is 15.7. The second kappa shape index (κ2) is 5.29. The fourth-order valence-electron chi connectivity index (χ4n) is 7.79. The lowest BCUT2D eigenvalue weighted by Crippen LogP contribution is -2.51. The zero-order valence-corrected chi connectivity index (χ0v) is 15.7. The second-order valence-corrected chi connectivity index (χ2v) is 9.81. The summed E-state index contributed by atoms with van der Waals surface area (Å²) in [5.74, 6) is 3.74. The summed E-state index contributed by atoms with van der Waals surface area (Å²) in [6, 6.07) is 0. The minimum Gasteiger partial charge on any atom is -0.300 e. The molecule has 7 atom stereocenters. The maximum absolute atomic E-state index is 12.4. The summed E-state index contributed by atoms with van der Waals surface area (Å²) in [4.78, 5) is 24.3. The number of Topliss-reactive ketones (excluding diaryl/α,β-unsaturated/α-hetero) is 1. The molecule has 0 radical (unpaired) electrons. The molecule has 132 valence electrons. The van der Waals surface area contributed by atoms with Crippen LogP contribution in [-0.2, 0) is 9.59 Å². The van der Waals surface area contributed by atoms with E-state index in [4.69, 9.17) is 0 Å².